The maximum atomic E-state index is 12.6. The zero-order valence-electron chi connectivity index (χ0n) is 14.5. The van der Waals surface area contributed by atoms with Crippen molar-refractivity contribution in [3.05, 3.63) is 29.8 Å². The minimum absolute atomic E-state index is 0.0111. The molecule has 1 aromatic rings. The summed E-state index contributed by atoms with van der Waals surface area (Å²) in [5.41, 5.74) is 1.20. The average Bonchev–Trinajstić information content (AvgIpc) is 2.62. The molecule has 1 spiro atoms. The number of hydrogen-bond donors (Lipinski definition) is 3. The lowest BCUT2D eigenvalue weighted by Crippen LogP contribution is -2.68. The fraction of sp³-hybridized carbons (Fsp3) is 0.579. The highest BCUT2D eigenvalue weighted by Crippen LogP contribution is 2.51. The average molecular weight is 343 g/mol. The predicted octanol–water partition coefficient (Wildman–Crippen LogP) is 1.74. The first-order valence-corrected chi connectivity index (χ1v) is 9.09. The van der Waals surface area contributed by atoms with E-state index < -0.39 is 5.66 Å². The number of anilines is 1. The summed E-state index contributed by atoms with van der Waals surface area (Å²) in [7, 11) is 1.63. The van der Waals surface area contributed by atoms with Crippen LogP contribution in [0.3, 0.4) is 0 Å². The largest absolute Gasteiger partial charge is 0.383 e. The molecule has 6 nitrogen and oxygen atoms in total. The molecule has 4 atom stereocenters. The van der Waals surface area contributed by atoms with E-state index in [0.717, 1.165) is 31.4 Å². The van der Waals surface area contributed by atoms with Crippen LogP contribution in [0.5, 0.6) is 0 Å². The first-order valence-electron chi connectivity index (χ1n) is 9.09. The number of fused-ring (bicyclic) bond motifs is 3. The predicted molar refractivity (Wildman–Crippen MR) is 94.1 cm³/mol. The van der Waals surface area contributed by atoms with Gasteiger partial charge in [0, 0.05) is 31.2 Å². The lowest BCUT2D eigenvalue weighted by molar-refractivity contribution is -0.132. The molecular formula is C19H25N3O3. The van der Waals surface area contributed by atoms with Gasteiger partial charge in [-0.05, 0) is 43.7 Å². The first-order chi connectivity index (χ1) is 12.1. The molecule has 0 unspecified atom stereocenters. The number of carbonyl (C=O) groups excluding carboxylic acids is 2. The van der Waals surface area contributed by atoms with Crippen LogP contribution < -0.4 is 16.0 Å². The Labute approximate surface area is 147 Å². The second kappa shape index (κ2) is 6.33. The third kappa shape index (κ3) is 2.78. The van der Waals surface area contributed by atoms with Crippen LogP contribution >= 0.6 is 0 Å². The van der Waals surface area contributed by atoms with E-state index in [1.165, 1.54) is 0 Å². The molecule has 3 N–H and O–H groups in total. The normalized spacial score (nSPS) is 32.7. The van der Waals surface area contributed by atoms with Crippen molar-refractivity contribution >= 4 is 17.5 Å². The molecule has 1 aromatic carbocycles. The molecule has 4 aliphatic rings. The van der Waals surface area contributed by atoms with Gasteiger partial charge in [-0.15, -0.1) is 0 Å². The Balaban J connectivity index is 1.51. The standard InChI is InChI=1S/C19H25N3O3/c1-25-9-8-20-17(23)15-10-13-7-6-12(15)11-19(13)21-16-5-3-2-4-14(16)18(24)22-19/h2-5,12-13,15,21H,6-11H2,1H3,(H,20,23)(H,22,24)/t12-,13+,15-,19-/m1/s1. The molecule has 3 fully saturated rings. The fourth-order valence-corrected chi connectivity index (χ4v) is 4.87. The van der Waals surface area contributed by atoms with Crippen LogP contribution in [-0.4, -0.2) is 37.7 Å². The van der Waals surface area contributed by atoms with E-state index in [-0.39, 0.29) is 23.7 Å². The number of para-hydroxylation sites is 1. The van der Waals surface area contributed by atoms with E-state index >= 15 is 0 Å². The Bertz CT molecular complexity index is 692. The summed E-state index contributed by atoms with van der Waals surface area (Å²) in [6.45, 7) is 1.08. The maximum Gasteiger partial charge on any atom is 0.255 e. The topological polar surface area (TPSA) is 79.5 Å². The smallest absolute Gasteiger partial charge is 0.255 e. The van der Waals surface area contributed by atoms with Gasteiger partial charge in [0.2, 0.25) is 5.91 Å². The van der Waals surface area contributed by atoms with Crippen LogP contribution in [-0.2, 0) is 9.53 Å². The molecule has 0 saturated heterocycles. The monoisotopic (exact) mass is 343 g/mol. The third-order valence-electron chi connectivity index (χ3n) is 6.08. The van der Waals surface area contributed by atoms with Crippen molar-refractivity contribution in [2.75, 3.05) is 25.6 Å². The van der Waals surface area contributed by atoms with Gasteiger partial charge in [0.25, 0.3) is 5.91 Å². The van der Waals surface area contributed by atoms with Gasteiger partial charge in [0.1, 0.15) is 5.66 Å². The molecule has 0 radical (unpaired) electrons. The van der Waals surface area contributed by atoms with Gasteiger partial charge >= 0.3 is 0 Å². The fourth-order valence-electron chi connectivity index (χ4n) is 4.87. The number of methoxy groups -OCH3 is 1. The van der Waals surface area contributed by atoms with Crippen LogP contribution in [0, 0.1) is 17.8 Å². The van der Waals surface area contributed by atoms with E-state index in [2.05, 4.69) is 16.0 Å². The number of ether oxygens (including phenoxy) is 1. The van der Waals surface area contributed by atoms with E-state index in [1.54, 1.807) is 7.11 Å². The molecule has 3 aliphatic carbocycles. The van der Waals surface area contributed by atoms with Gasteiger partial charge in [0.05, 0.1) is 12.2 Å². The molecule has 2 bridgehead atoms. The number of rotatable bonds is 4. The van der Waals surface area contributed by atoms with Crippen molar-refractivity contribution in [2.45, 2.75) is 31.3 Å². The number of nitrogens with one attached hydrogen (secondary N) is 3. The molecule has 5 rings (SSSR count). The van der Waals surface area contributed by atoms with Crippen LogP contribution in [0.15, 0.2) is 24.3 Å². The molecule has 3 saturated carbocycles. The van der Waals surface area contributed by atoms with E-state index in [9.17, 15) is 9.59 Å². The van der Waals surface area contributed by atoms with Crippen molar-refractivity contribution in [2.24, 2.45) is 17.8 Å². The molecule has 134 valence electrons. The number of hydrogen-bond acceptors (Lipinski definition) is 4. The molecule has 2 amide bonds. The van der Waals surface area contributed by atoms with Crippen molar-refractivity contribution in [3.8, 4) is 0 Å². The summed E-state index contributed by atoms with van der Waals surface area (Å²) < 4.78 is 5.00. The van der Waals surface area contributed by atoms with Gasteiger partial charge < -0.3 is 20.7 Å². The SMILES string of the molecule is COCCNC(=O)[C@@H]1C[C@@H]2CC[C@@H]1C[C@@]21NC(=O)c2ccccc2N1. The minimum Gasteiger partial charge on any atom is -0.383 e. The van der Waals surface area contributed by atoms with Crippen LogP contribution in [0.4, 0.5) is 5.69 Å². The van der Waals surface area contributed by atoms with E-state index in [0.29, 0.717) is 24.6 Å². The van der Waals surface area contributed by atoms with Crippen molar-refractivity contribution in [1.82, 2.24) is 10.6 Å². The van der Waals surface area contributed by atoms with Gasteiger partial charge in [0.15, 0.2) is 0 Å². The summed E-state index contributed by atoms with van der Waals surface area (Å²) in [4.78, 5) is 25.1. The Morgan fingerprint density at radius 3 is 2.92 bits per heavy atom. The van der Waals surface area contributed by atoms with Gasteiger partial charge in [-0.25, -0.2) is 0 Å². The molecule has 1 aliphatic heterocycles. The zero-order chi connectivity index (χ0) is 17.4. The van der Waals surface area contributed by atoms with Crippen molar-refractivity contribution < 1.29 is 14.3 Å². The number of amides is 2. The highest BCUT2D eigenvalue weighted by molar-refractivity contribution is 6.02. The van der Waals surface area contributed by atoms with Gasteiger partial charge in [-0.2, -0.15) is 0 Å². The summed E-state index contributed by atoms with van der Waals surface area (Å²) in [5.74, 6) is 0.725. The summed E-state index contributed by atoms with van der Waals surface area (Å²) in [5, 5.41) is 9.81. The molecule has 0 aromatic heterocycles. The van der Waals surface area contributed by atoms with Crippen LogP contribution in [0.2, 0.25) is 0 Å². The maximum absolute atomic E-state index is 12.6. The second-order valence-corrected chi connectivity index (χ2v) is 7.46. The molecular weight excluding hydrogens is 318 g/mol. The molecule has 6 heteroatoms. The lowest BCUT2D eigenvalue weighted by atomic mass is 9.58. The quantitative estimate of drug-likeness (QED) is 0.728. The molecule has 1 heterocycles. The minimum atomic E-state index is -0.405. The van der Waals surface area contributed by atoms with Gasteiger partial charge in [-0.1, -0.05) is 12.1 Å². The Morgan fingerprint density at radius 2 is 2.16 bits per heavy atom. The summed E-state index contributed by atoms with van der Waals surface area (Å²) in [6, 6.07) is 7.64. The Kier molecular flexibility index (Phi) is 4.15. The molecule has 25 heavy (non-hydrogen) atoms. The zero-order valence-corrected chi connectivity index (χ0v) is 14.5. The number of carbonyl (C=O) groups is 2. The third-order valence-corrected chi connectivity index (χ3v) is 6.08. The van der Waals surface area contributed by atoms with Crippen LogP contribution in [0.25, 0.3) is 0 Å². The van der Waals surface area contributed by atoms with Crippen molar-refractivity contribution in [3.63, 3.8) is 0 Å². The van der Waals surface area contributed by atoms with Gasteiger partial charge in [-0.3, -0.25) is 9.59 Å². The first kappa shape index (κ1) is 16.4. The highest BCUT2D eigenvalue weighted by atomic mass is 16.5. The second-order valence-electron chi connectivity index (χ2n) is 7.46. The summed E-state index contributed by atoms with van der Waals surface area (Å²) >= 11 is 0. The lowest BCUT2D eigenvalue weighted by Gasteiger charge is -2.56. The Morgan fingerprint density at radius 1 is 1.32 bits per heavy atom. The Hall–Kier alpha value is -2.08. The summed E-state index contributed by atoms with van der Waals surface area (Å²) in [6.07, 6.45) is 3.72. The van der Waals surface area contributed by atoms with E-state index in [1.807, 2.05) is 24.3 Å². The van der Waals surface area contributed by atoms with Crippen molar-refractivity contribution in [1.29, 1.82) is 0 Å². The van der Waals surface area contributed by atoms with E-state index in [4.69, 9.17) is 4.74 Å². The number of benzene rings is 1. The van der Waals surface area contributed by atoms with Crippen LogP contribution in [0.1, 0.15) is 36.0 Å². The highest BCUT2D eigenvalue weighted by Gasteiger charge is 2.55.